The van der Waals surface area contributed by atoms with E-state index in [2.05, 4.69) is 41.6 Å². The summed E-state index contributed by atoms with van der Waals surface area (Å²) >= 11 is 1.99. The lowest BCUT2D eigenvalue weighted by atomic mass is 9.81. The Kier molecular flexibility index (Phi) is 9.89. The number of para-hydroxylation sites is 1. The summed E-state index contributed by atoms with van der Waals surface area (Å²) < 4.78 is 32.2. The van der Waals surface area contributed by atoms with Crippen molar-refractivity contribution in [1.29, 1.82) is 0 Å². The van der Waals surface area contributed by atoms with Gasteiger partial charge in [-0.3, -0.25) is 9.59 Å². The molecule has 0 bridgehead atoms. The van der Waals surface area contributed by atoms with Gasteiger partial charge in [0.25, 0.3) is 18.5 Å². The van der Waals surface area contributed by atoms with Crippen molar-refractivity contribution < 1.29 is 23.1 Å². The number of hydrogen-bond donors (Lipinski definition) is 2. The maximum absolute atomic E-state index is 13.1. The van der Waals surface area contributed by atoms with Gasteiger partial charge in [-0.1, -0.05) is 38.8 Å². The summed E-state index contributed by atoms with van der Waals surface area (Å²) in [4.78, 5) is 33.2. The lowest BCUT2D eigenvalue weighted by molar-refractivity contribution is -0.122. The Bertz CT molecular complexity index is 1640. The lowest BCUT2D eigenvalue weighted by Gasteiger charge is -2.38. The molecule has 2 aliphatic rings. The first-order valence-electron chi connectivity index (χ1n) is 13.7. The summed E-state index contributed by atoms with van der Waals surface area (Å²) in [6.45, 7) is 8.08. The number of hydrogen-bond acceptors (Lipinski definition) is 7. The molecule has 0 radical (unpaired) electrons. The molecule has 5 heterocycles. The zero-order chi connectivity index (χ0) is 30.4. The number of rotatable bonds is 3. The summed E-state index contributed by atoms with van der Waals surface area (Å²) in [5.74, 6) is 4.56. The average Bonchev–Trinajstić information content (AvgIpc) is 3.63. The molecule has 1 aromatic carbocycles. The fourth-order valence-corrected chi connectivity index (χ4v) is 6.62. The number of furan rings is 1. The maximum Gasteiger partial charge on any atom is 0.297 e. The molecule has 2 aliphatic heterocycles. The molecule has 0 spiro atoms. The van der Waals surface area contributed by atoms with Crippen molar-refractivity contribution in [2.45, 2.75) is 57.1 Å². The third-order valence-electron chi connectivity index (χ3n) is 7.45. The molecule has 222 valence electrons. The van der Waals surface area contributed by atoms with Gasteiger partial charge in [0, 0.05) is 40.5 Å². The number of aromatic nitrogens is 3. The fourth-order valence-electron chi connectivity index (χ4n) is 5.37. The van der Waals surface area contributed by atoms with Gasteiger partial charge in [0.05, 0.1) is 0 Å². The number of carbonyl (C=O) groups is 1. The Morgan fingerprint density at radius 2 is 1.95 bits per heavy atom. The Balaban J connectivity index is 0.000000179. The molecule has 11 heteroatoms. The molecule has 6 rings (SSSR count). The molecule has 2 fully saturated rings. The molecule has 0 amide bonds. The van der Waals surface area contributed by atoms with E-state index >= 15 is 0 Å². The number of H-pyrrole nitrogens is 1. The number of halogens is 2. The highest BCUT2D eigenvalue weighted by Crippen LogP contribution is 2.45. The van der Waals surface area contributed by atoms with E-state index in [4.69, 9.17) is 20.7 Å². The minimum absolute atomic E-state index is 0.00792. The highest BCUT2D eigenvalue weighted by molar-refractivity contribution is 8.00. The molecular formula is C31H34F2N4O4S. The molecule has 2 N–H and O–H groups in total. The van der Waals surface area contributed by atoms with Crippen LogP contribution in [0.25, 0.3) is 22.1 Å². The molecule has 8 nitrogen and oxygen atoms in total. The number of alkyl halides is 2. The number of pyridine rings is 1. The van der Waals surface area contributed by atoms with Crippen LogP contribution >= 0.6 is 11.8 Å². The van der Waals surface area contributed by atoms with Crippen molar-refractivity contribution in [3.8, 4) is 12.3 Å². The highest BCUT2D eigenvalue weighted by atomic mass is 32.2. The number of terminal acetylenes is 1. The Morgan fingerprint density at radius 3 is 2.62 bits per heavy atom. The molecule has 0 aliphatic carbocycles. The van der Waals surface area contributed by atoms with Gasteiger partial charge in [-0.15, -0.1) is 6.42 Å². The molecule has 4 aromatic rings. The number of benzene rings is 1. The average molecular weight is 597 g/mol. The topological polar surface area (TPSA) is 112 Å². The van der Waals surface area contributed by atoms with E-state index in [0.29, 0.717) is 34.3 Å². The standard InChI is InChI=1S/C15H13F2N3O.C15H19NOS.CH2O2/c16-13(17)14-18-11-9-5-1-2-6-10(9)21-12(11)15(19-14)20-7-3-4-8-20;1-5-11-6-12(14(17)16-8-11)13-7-15(3,4)18-9-10(13)2;2-1-3/h1-2,5-6,13H,3-4,7-8H2;1,6,8,10,13H,7,9H2,2-4H3,(H,16,17);1H,(H,2,3)/t;10-,13?;/m.0./s1. The Labute approximate surface area is 246 Å². The van der Waals surface area contributed by atoms with E-state index in [1.165, 1.54) is 0 Å². The Morgan fingerprint density at radius 1 is 1.26 bits per heavy atom. The number of fused-ring (bicyclic) bond motifs is 3. The van der Waals surface area contributed by atoms with Crippen LogP contribution in [0.15, 0.2) is 45.7 Å². The van der Waals surface area contributed by atoms with Crippen molar-refractivity contribution >= 4 is 46.1 Å². The van der Waals surface area contributed by atoms with Crippen LogP contribution in [0.2, 0.25) is 0 Å². The van der Waals surface area contributed by atoms with Crippen LogP contribution in [-0.4, -0.2) is 50.1 Å². The zero-order valence-electron chi connectivity index (χ0n) is 23.8. The fraction of sp³-hybridized carbons (Fsp3) is 0.419. The number of thioether (sulfide) groups is 1. The van der Waals surface area contributed by atoms with E-state index in [1.807, 2.05) is 47.0 Å². The van der Waals surface area contributed by atoms with E-state index in [1.54, 1.807) is 6.20 Å². The van der Waals surface area contributed by atoms with Gasteiger partial charge in [-0.25, -0.2) is 18.7 Å². The van der Waals surface area contributed by atoms with Crippen LogP contribution < -0.4 is 10.5 Å². The zero-order valence-corrected chi connectivity index (χ0v) is 24.6. The van der Waals surface area contributed by atoms with Gasteiger partial charge in [0.2, 0.25) is 0 Å². The van der Waals surface area contributed by atoms with Crippen molar-refractivity contribution in [3.63, 3.8) is 0 Å². The predicted octanol–water partition coefficient (Wildman–Crippen LogP) is 6.61. The number of anilines is 1. The van der Waals surface area contributed by atoms with Gasteiger partial charge in [0.15, 0.2) is 17.2 Å². The van der Waals surface area contributed by atoms with Gasteiger partial charge < -0.3 is 19.4 Å². The van der Waals surface area contributed by atoms with E-state index in [9.17, 15) is 13.6 Å². The summed E-state index contributed by atoms with van der Waals surface area (Å²) in [5.41, 5.74) is 3.24. The molecule has 0 saturated carbocycles. The SMILES string of the molecule is C#Cc1c[nH]c(=O)c(C2CC(C)(C)SC[C@@H]2C)c1.FC(F)c1nc(N2CCCC2)c2oc3ccccc3c2n1.O=CO. The summed E-state index contributed by atoms with van der Waals surface area (Å²) in [5, 5.41) is 7.64. The first kappa shape index (κ1) is 31.0. The van der Waals surface area contributed by atoms with Crippen LogP contribution in [0.1, 0.15) is 69.3 Å². The van der Waals surface area contributed by atoms with Crippen molar-refractivity contribution in [2.24, 2.45) is 5.92 Å². The van der Waals surface area contributed by atoms with Crippen molar-refractivity contribution in [3.05, 3.63) is 63.8 Å². The molecule has 2 atom stereocenters. The first-order chi connectivity index (χ1) is 20.1. The van der Waals surface area contributed by atoms with Crippen LogP contribution in [-0.2, 0) is 4.79 Å². The largest absolute Gasteiger partial charge is 0.483 e. The molecule has 42 heavy (non-hydrogen) atoms. The Hall–Kier alpha value is -3.91. The van der Waals surface area contributed by atoms with Gasteiger partial charge in [0.1, 0.15) is 11.1 Å². The van der Waals surface area contributed by atoms with E-state index < -0.39 is 12.2 Å². The molecular weight excluding hydrogens is 562 g/mol. The lowest BCUT2D eigenvalue weighted by Crippen LogP contribution is -2.33. The second-order valence-electron chi connectivity index (χ2n) is 11.0. The molecule has 2 saturated heterocycles. The van der Waals surface area contributed by atoms with Crippen LogP contribution in [0.3, 0.4) is 0 Å². The van der Waals surface area contributed by atoms with Crippen LogP contribution in [0.5, 0.6) is 0 Å². The molecule has 1 unspecified atom stereocenters. The van der Waals surface area contributed by atoms with Crippen molar-refractivity contribution in [2.75, 3.05) is 23.7 Å². The third kappa shape index (κ3) is 6.93. The maximum atomic E-state index is 13.1. The normalized spacial score (nSPS) is 19.5. The predicted molar refractivity (Wildman–Crippen MR) is 162 cm³/mol. The first-order valence-corrected chi connectivity index (χ1v) is 14.7. The van der Waals surface area contributed by atoms with Crippen LogP contribution in [0.4, 0.5) is 14.6 Å². The van der Waals surface area contributed by atoms with Crippen molar-refractivity contribution in [1.82, 2.24) is 15.0 Å². The smallest absolute Gasteiger partial charge is 0.297 e. The highest BCUT2D eigenvalue weighted by Gasteiger charge is 2.35. The number of aromatic amines is 1. The number of nitrogens with one attached hydrogen (secondary N) is 1. The van der Waals surface area contributed by atoms with Crippen LogP contribution in [0, 0.1) is 18.3 Å². The monoisotopic (exact) mass is 596 g/mol. The second-order valence-corrected chi connectivity index (χ2v) is 12.7. The molecule has 3 aromatic heterocycles. The van der Waals surface area contributed by atoms with E-state index in [0.717, 1.165) is 54.6 Å². The summed E-state index contributed by atoms with van der Waals surface area (Å²) in [6.07, 6.45) is 7.43. The minimum atomic E-state index is -2.69. The van der Waals surface area contributed by atoms with Gasteiger partial charge in [-0.2, -0.15) is 11.8 Å². The minimum Gasteiger partial charge on any atom is -0.483 e. The van der Waals surface area contributed by atoms with Gasteiger partial charge >= 0.3 is 0 Å². The van der Waals surface area contributed by atoms with E-state index in [-0.39, 0.29) is 16.8 Å². The second kappa shape index (κ2) is 13.4. The third-order valence-corrected chi connectivity index (χ3v) is 9.09. The number of nitrogens with zero attached hydrogens (tertiary/aromatic N) is 3. The number of carboxylic acid groups (broad SMARTS) is 1. The quantitative estimate of drug-likeness (QED) is 0.201. The summed E-state index contributed by atoms with van der Waals surface area (Å²) in [6, 6.07) is 9.22. The van der Waals surface area contributed by atoms with Gasteiger partial charge in [-0.05, 0) is 55.1 Å². The summed E-state index contributed by atoms with van der Waals surface area (Å²) in [7, 11) is 0.